The summed E-state index contributed by atoms with van der Waals surface area (Å²) < 4.78 is 16.1. The van der Waals surface area contributed by atoms with Gasteiger partial charge in [-0.1, -0.05) is 11.8 Å². The molecule has 0 saturated heterocycles. The van der Waals surface area contributed by atoms with Crippen LogP contribution in [0.25, 0.3) is 11.2 Å². The van der Waals surface area contributed by atoms with E-state index >= 15 is 0 Å². The number of nitrogens with zero attached hydrogens (tertiary/aromatic N) is 3. The van der Waals surface area contributed by atoms with E-state index in [2.05, 4.69) is 19.9 Å². The summed E-state index contributed by atoms with van der Waals surface area (Å²) in [5.41, 5.74) is 7.97. The Kier molecular flexibility index (Phi) is 3.43. The maximum Gasteiger partial charge on any atom is 0.231 e. The number of hydrogen-bond acceptors (Lipinski definition) is 8. The molecule has 1 aliphatic rings. The molecule has 0 fully saturated rings. The molecule has 8 nitrogen and oxygen atoms in total. The molecule has 3 N–H and O–H groups in total. The molecule has 118 valence electrons. The lowest BCUT2D eigenvalue weighted by Crippen LogP contribution is -1.93. The SMILES string of the molecule is COCc1cc2c(cc1Sc1nc3c(N)ncnc3[nH]1)OCO2. The average Bonchev–Trinajstić information content (AvgIpc) is 3.14. The third-order valence-corrected chi connectivity index (χ3v) is 4.34. The molecule has 9 heteroatoms. The highest BCUT2D eigenvalue weighted by molar-refractivity contribution is 7.99. The van der Waals surface area contributed by atoms with E-state index in [1.165, 1.54) is 18.1 Å². The standard InChI is InChI=1S/C14H13N5O3S/c1-20-4-7-2-8-9(22-6-21-8)3-10(7)23-14-18-11-12(15)16-5-17-13(11)19-14/h2-3,5H,4,6H2,1H3,(H3,15,16,17,18,19). The van der Waals surface area contributed by atoms with Gasteiger partial charge < -0.3 is 24.9 Å². The molecule has 3 heterocycles. The minimum absolute atomic E-state index is 0.229. The van der Waals surface area contributed by atoms with Gasteiger partial charge in [0.25, 0.3) is 0 Å². The molecule has 0 amide bonds. The highest BCUT2D eigenvalue weighted by Crippen LogP contribution is 2.40. The largest absolute Gasteiger partial charge is 0.454 e. The molecular formula is C14H13N5O3S. The summed E-state index contributed by atoms with van der Waals surface area (Å²) in [6, 6.07) is 3.84. The Morgan fingerprint density at radius 2 is 2.13 bits per heavy atom. The van der Waals surface area contributed by atoms with E-state index in [0.717, 1.165) is 16.2 Å². The second kappa shape index (κ2) is 5.60. The number of H-pyrrole nitrogens is 1. The van der Waals surface area contributed by atoms with Crippen LogP contribution in [0.1, 0.15) is 5.56 Å². The predicted molar refractivity (Wildman–Crippen MR) is 83.5 cm³/mol. The Balaban J connectivity index is 1.73. The smallest absolute Gasteiger partial charge is 0.231 e. The number of nitrogen functional groups attached to an aromatic ring is 1. The van der Waals surface area contributed by atoms with Gasteiger partial charge in [-0.25, -0.2) is 15.0 Å². The van der Waals surface area contributed by atoms with E-state index < -0.39 is 0 Å². The molecular weight excluding hydrogens is 318 g/mol. The first-order chi connectivity index (χ1) is 11.2. The first-order valence-corrected chi connectivity index (χ1v) is 7.62. The van der Waals surface area contributed by atoms with Crippen LogP contribution in [0.4, 0.5) is 5.82 Å². The topological polar surface area (TPSA) is 108 Å². The van der Waals surface area contributed by atoms with Crippen molar-refractivity contribution in [2.75, 3.05) is 19.6 Å². The zero-order valence-corrected chi connectivity index (χ0v) is 13.0. The molecule has 23 heavy (non-hydrogen) atoms. The van der Waals surface area contributed by atoms with Gasteiger partial charge in [-0.3, -0.25) is 0 Å². The first-order valence-electron chi connectivity index (χ1n) is 6.80. The van der Waals surface area contributed by atoms with E-state index in [1.807, 2.05) is 12.1 Å². The highest BCUT2D eigenvalue weighted by atomic mass is 32.2. The van der Waals surface area contributed by atoms with Gasteiger partial charge in [-0.15, -0.1) is 0 Å². The Hall–Kier alpha value is -2.52. The second-order valence-corrected chi connectivity index (χ2v) is 5.88. The quantitative estimate of drug-likeness (QED) is 0.747. The maximum atomic E-state index is 5.81. The monoisotopic (exact) mass is 331 g/mol. The number of rotatable bonds is 4. The van der Waals surface area contributed by atoms with E-state index in [9.17, 15) is 0 Å². The predicted octanol–water partition coefficient (Wildman–Crippen LogP) is 1.96. The fraction of sp³-hybridized carbons (Fsp3) is 0.214. The summed E-state index contributed by atoms with van der Waals surface area (Å²) in [5, 5.41) is 0.670. The highest BCUT2D eigenvalue weighted by Gasteiger charge is 2.19. The van der Waals surface area contributed by atoms with E-state index in [0.29, 0.717) is 34.5 Å². The van der Waals surface area contributed by atoms with E-state index in [-0.39, 0.29) is 6.79 Å². The third-order valence-electron chi connectivity index (χ3n) is 3.35. The van der Waals surface area contributed by atoms with Crippen molar-refractivity contribution in [1.29, 1.82) is 0 Å². The summed E-state index contributed by atoms with van der Waals surface area (Å²) in [6.45, 7) is 0.688. The van der Waals surface area contributed by atoms with Gasteiger partial charge in [0, 0.05) is 12.0 Å². The molecule has 4 rings (SSSR count). The van der Waals surface area contributed by atoms with Crippen molar-refractivity contribution in [1.82, 2.24) is 19.9 Å². The van der Waals surface area contributed by atoms with Crippen LogP contribution in [-0.4, -0.2) is 33.8 Å². The lowest BCUT2D eigenvalue weighted by atomic mass is 10.2. The number of fused-ring (bicyclic) bond motifs is 2. The second-order valence-electron chi connectivity index (χ2n) is 4.85. The van der Waals surface area contributed by atoms with Gasteiger partial charge in [0.05, 0.1) is 6.61 Å². The van der Waals surface area contributed by atoms with E-state index in [1.54, 1.807) is 7.11 Å². The van der Waals surface area contributed by atoms with Crippen LogP contribution in [0.3, 0.4) is 0 Å². The minimum Gasteiger partial charge on any atom is -0.454 e. The van der Waals surface area contributed by atoms with Crippen molar-refractivity contribution in [3.8, 4) is 11.5 Å². The molecule has 3 aromatic rings. The summed E-state index contributed by atoms with van der Waals surface area (Å²) in [6.07, 6.45) is 1.40. The van der Waals surface area contributed by atoms with Crippen LogP contribution in [0.15, 0.2) is 28.5 Å². The van der Waals surface area contributed by atoms with Gasteiger partial charge in [-0.05, 0) is 17.7 Å². The van der Waals surface area contributed by atoms with Gasteiger partial charge >= 0.3 is 0 Å². The molecule has 0 bridgehead atoms. The minimum atomic E-state index is 0.229. The van der Waals surface area contributed by atoms with Crippen LogP contribution < -0.4 is 15.2 Å². The lowest BCUT2D eigenvalue weighted by molar-refractivity contribution is 0.173. The number of aromatic amines is 1. The summed E-state index contributed by atoms with van der Waals surface area (Å²) in [4.78, 5) is 16.6. The van der Waals surface area contributed by atoms with Crippen molar-refractivity contribution in [2.24, 2.45) is 0 Å². The van der Waals surface area contributed by atoms with Gasteiger partial charge in [0.2, 0.25) is 6.79 Å². The molecule has 0 spiro atoms. The fourth-order valence-corrected chi connectivity index (χ4v) is 3.21. The van der Waals surface area contributed by atoms with E-state index in [4.69, 9.17) is 19.9 Å². The molecule has 0 radical (unpaired) electrons. The number of ether oxygens (including phenoxy) is 3. The van der Waals surface area contributed by atoms with Crippen molar-refractivity contribution in [3.05, 3.63) is 24.0 Å². The number of anilines is 1. The summed E-state index contributed by atoms with van der Waals surface area (Å²) in [5.74, 6) is 1.78. The Bertz CT molecular complexity index is 882. The fourth-order valence-electron chi connectivity index (χ4n) is 2.31. The van der Waals surface area contributed by atoms with Gasteiger partial charge in [0.1, 0.15) is 6.33 Å². The molecule has 1 aromatic carbocycles. The van der Waals surface area contributed by atoms with Crippen LogP contribution in [0, 0.1) is 0 Å². The molecule has 2 aromatic heterocycles. The Labute approximate surface area is 135 Å². The van der Waals surface area contributed by atoms with Gasteiger partial charge in [-0.2, -0.15) is 0 Å². The Morgan fingerprint density at radius 1 is 1.30 bits per heavy atom. The number of nitrogens with two attached hydrogens (primary N) is 1. The lowest BCUT2D eigenvalue weighted by Gasteiger charge is -2.08. The number of benzene rings is 1. The number of aromatic nitrogens is 4. The molecule has 0 saturated carbocycles. The number of imidazole rings is 1. The van der Waals surface area contributed by atoms with Crippen molar-refractivity contribution in [2.45, 2.75) is 16.7 Å². The van der Waals surface area contributed by atoms with Crippen molar-refractivity contribution < 1.29 is 14.2 Å². The summed E-state index contributed by atoms with van der Waals surface area (Å²) >= 11 is 1.45. The first kappa shape index (κ1) is 14.1. The van der Waals surface area contributed by atoms with Crippen molar-refractivity contribution >= 4 is 28.7 Å². The number of methoxy groups -OCH3 is 1. The molecule has 0 unspecified atom stereocenters. The van der Waals surface area contributed by atoms with Crippen molar-refractivity contribution in [3.63, 3.8) is 0 Å². The zero-order chi connectivity index (χ0) is 15.8. The number of nitrogens with one attached hydrogen (secondary N) is 1. The zero-order valence-electron chi connectivity index (χ0n) is 12.2. The normalized spacial score (nSPS) is 12.9. The average molecular weight is 331 g/mol. The molecule has 0 aliphatic carbocycles. The summed E-state index contributed by atoms with van der Waals surface area (Å²) in [7, 11) is 1.65. The van der Waals surface area contributed by atoms with Gasteiger partial charge in [0.15, 0.2) is 33.6 Å². The van der Waals surface area contributed by atoms with Crippen LogP contribution in [0.2, 0.25) is 0 Å². The van der Waals surface area contributed by atoms with Crippen LogP contribution in [0.5, 0.6) is 11.5 Å². The third kappa shape index (κ3) is 2.53. The Morgan fingerprint density at radius 3 is 2.91 bits per heavy atom. The molecule has 1 aliphatic heterocycles. The van der Waals surface area contributed by atoms with Crippen LogP contribution in [-0.2, 0) is 11.3 Å². The molecule has 0 atom stereocenters. The van der Waals surface area contributed by atoms with Crippen LogP contribution >= 0.6 is 11.8 Å². The number of hydrogen-bond donors (Lipinski definition) is 2. The maximum absolute atomic E-state index is 5.81.